The molecular formula is C16H21F2N. The van der Waals surface area contributed by atoms with E-state index in [0.717, 1.165) is 24.8 Å². The van der Waals surface area contributed by atoms with Crippen LogP contribution in [0.25, 0.3) is 0 Å². The smallest absolute Gasteiger partial charge is 0.129 e. The van der Waals surface area contributed by atoms with Crippen LogP contribution in [-0.4, -0.2) is 6.04 Å². The van der Waals surface area contributed by atoms with Crippen LogP contribution in [0.4, 0.5) is 8.78 Å². The van der Waals surface area contributed by atoms with Crippen LogP contribution >= 0.6 is 0 Å². The van der Waals surface area contributed by atoms with Crippen LogP contribution in [0.3, 0.4) is 0 Å². The topological polar surface area (TPSA) is 26.0 Å². The molecule has 0 radical (unpaired) electrons. The second-order valence-electron chi connectivity index (χ2n) is 5.24. The molecule has 1 aromatic rings. The van der Waals surface area contributed by atoms with Crippen molar-refractivity contribution in [1.82, 2.24) is 0 Å². The molecule has 2 rings (SSSR count). The molecule has 1 nitrogen and oxygen atoms in total. The quantitative estimate of drug-likeness (QED) is 0.818. The van der Waals surface area contributed by atoms with E-state index in [1.54, 1.807) is 0 Å². The number of allylic oxidation sites excluding steroid dienone is 1. The lowest BCUT2D eigenvalue weighted by Crippen LogP contribution is -2.27. The molecule has 0 spiro atoms. The molecule has 2 N–H and O–H groups in total. The third-order valence-electron chi connectivity index (χ3n) is 3.79. The zero-order chi connectivity index (χ0) is 13.7. The van der Waals surface area contributed by atoms with E-state index in [-0.39, 0.29) is 18.0 Å². The fourth-order valence-electron chi connectivity index (χ4n) is 2.63. The summed E-state index contributed by atoms with van der Waals surface area (Å²) in [4.78, 5) is 0. The average Bonchev–Trinajstić information content (AvgIpc) is 2.33. The second-order valence-corrected chi connectivity index (χ2v) is 5.24. The molecule has 0 fully saturated rings. The summed E-state index contributed by atoms with van der Waals surface area (Å²) < 4.78 is 27.2. The zero-order valence-electron chi connectivity index (χ0n) is 11.2. The van der Waals surface area contributed by atoms with Gasteiger partial charge < -0.3 is 5.73 Å². The summed E-state index contributed by atoms with van der Waals surface area (Å²) in [5.74, 6) is -0.996. The van der Waals surface area contributed by atoms with Crippen LogP contribution in [0.1, 0.15) is 44.1 Å². The lowest BCUT2D eigenvalue weighted by molar-refractivity contribution is 0.537. The largest absolute Gasteiger partial charge is 0.324 e. The maximum Gasteiger partial charge on any atom is 0.129 e. The van der Waals surface area contributed by atoms with Crippen LogP contribution in [0.15, 0.2) is 29.8 Å². The van der Waals surface area contributed by atoms with E-state index in [2.05, 4.69) is 6.08 Å². The third-order valence-corrected chi connectivity index (χ3v) is 3.79. The monoisotopic (exact) mass is 265 g/mol. The summed E-state index contributed by atoms with van der Waals surface area (Å²) in [5, 5.41) is 0. The molecule has 3 heteroatoms. The van der Waals surface area contributed by atoms with Crippen LogP contribution in [0.5, 0.6) is 0 Å². The Morgan fingerprint density at radius 1 is 1.05 bits per heavy atom. The molecule has 1 aromatic carbocycles. The van der Waals surface area contributed by atoms with E-state index in [1.165, 1.54) is 37.5 Å². The molecule has 0 heterocycles. The number of nitrogens with two attached hydrogens (primary N) is 1. The Bertz CT molecular complexity index is 434. The van der Waals surface area contributed by atoms with Crippen molar-refractivity contribution in [2.75, 3.05) is 0 Å². The summed E-state index contributed by atoms with van der Waals surface area (Å²) >= 11 is 0. The predicted octanol–water partition coefficient (Wildman–Crippen LogP) is 4.12. The molecule has 1 atom stereocenters. The van der Waals surface area contributed by atoms with Gasteiger partial charge in [-0.15, -0.1) is 0 Å². The van der Waals surface area contributed by atoms with Crippen LogP contribution in [0, 0.1) is 11.6 Å². The van der Waals surface area contributed by atoms with Crippen LogP contribution in [0.2, 0.25) is 0 Å². The highest BCUT2D eigenvalue weighted by atomic mass is 19.1. The third kappa shape index (κ3) is 3.87. The zero-order valence-corrected chi connectivity index (χ0v) is 11.2. The highest BCUT2D eigenvalue weighted by molar-refractivity contribution is 5.24. The lowest BCUT2D eigenvalue weighted by atomic mass is 9.91. The van der Waals surface area contributed by atoms with Crippen molar-refractivity contribution in [3.05, 3.63) is 47.0 Å². The van der Waals surface area contributed by atoms with Crippen molar-refractivity contribution >= 4 is 0 Å². The van der Waals surface area contributed by atoms with Gasteiger partial charge in [-0.25, -0.2) is 8.78 Å². The summed E-state index contributed by atoms with van der Waals surface area (Å²) in [5.41, 5.74) is 7.40. The molecule has 0 saturated carbocycles. The van der Waals surface area contributed by atoms with Crippen molar-refractivity contribution in [2.45, 2.75) is 51.0 Å². The minimum Gasteiger partial charge on any atom is -0.324 e. The van der Waals surface area contributed by atoms with Crippen molar-refractivity contribution in [1.29, 1.82) is 0 Å². The maximum absolute atomic E-state index is 13.6. The molecule has 0 aromatic heterocycles. The van der Waals surface area contributed by atoms with E-state index in [4.69, 9.17) is 5.73 Å². The van der Waals surface area contributed by atoms with Crippen molar-refractivity contribution in [3.63, 3.8) is 0 Å². The molecule has 1 aliphatic carbocycles. The molecular weight excluding hydrogens is 244 g/mol. The molecule has 1 unspecified atom stereocenters. The molecule has 0 saturated heterocycles. The maximum atomic E-state index is 13.6. The first kappa shape index (κ1) is 14.2. The molecule has 0 bridgehead atoms. The van der Waals surface area contributed by atoms with Gasteiger partial charge in [-0.2, -0.15) is 0 Å². The van der Waals surface area contributed by atoms with Gasteiger partial charge >= 0.3 is 0 Å². The predicted molar refractivity (Wildman–Crippen MR) is 73.8 cm³/mol. The highest BCUT2D eigenvalue weighted by Crippen LogP contribution is 2.22. The number of benzene rings is 1. The molecule has 1 aliphatic rings. The first-order valence-electron chi connectivity index (χ1n) is 7.06. The van der Waals surface area contributed by atoms with Gasteiger partial charge in [-0.3, -0.25) is 0 Å². The Balaban J connectivity index is 2.09. The second kappa shape index (κ2) is 6.80. The minimum absolute atomic E-state index is 0.109. The summed E-state index contributed by atoms with van der Waals surface area (Å²) in [7, 11) is 0. The van der Waals surface area contributed by atoms with Crippen LogP contribution < -0.4 is 5.73 Å². The van der Waals surface area contributed by atoms with Crippen molar-refractivity contribution in [2.24, 2.45) is 5.73 Å². The molecule has 19 heavy (non-hydrogen) atoms. The van der Waals surface area contributed by atoms with Gasteiger partial charge in [0.15, 0.2) is 0 Å². The normalized spacial score (nSPS) is 21.1. The summed E-state index contributed by atoms with van der Waals surface area (Å²) in [6, 6.07) is 3.69. The van der Waals surface area contributed by atoms with Gasteiger partial charge in [-0.1, -0.05) is 30.6 Å². The van der Waals surface area contributed by atoms with Crippen molar-refractivity contribution < 1.29 is 8.78 Å². The number of hydrogen-bond acceptors (Lipinski definition) is 1. The fourth-order valence-corrected chi connectivity index (χ4v) is 2.63. The van der Waals surface area contributed by atoms with E-state index < -0.39 is 11.6 Å². The van der Waals surface area contributed by atoms with Gasteiger partial charge in [0.25, 0.3) is 0 Å². The lowest BCUT2D eigenvalue weighted by Gasteiger charge is -2.19. The van der Waals surface area contributed by atoms with Gasteiger partial charge in [0.1, 0.15) is 11.6 Å². The number of hydrogen-bond donors (Lipinski definition) is 1. The van der Waals surface area contributed by atoms with E-state index >= 15 is 0 Å². The minimum atomic E-state index is -0.498. The standard InChI is InChI=1S/C16H21F2N/c17-14-9-6-10-15(18)13(14)11-16(19)12-7-4-2-1-3-5-8-12/h6-7,9-10,16H,1-5,8,11,19H2/b12-7+. The first-order valence-corrected chi connectivity index (χ1v) is 7.06. The Morgan fingerprint density at radius 3 is 2.47 bits per heavy atom. The van der Waals surface area contributed by atoms with Crippen molar-refractivity contribution in [3.8, 4) is 0 Å². The molecule has 0 aliphatic heterocycles. The molecule has 104 valence electrons. The number of halogens is 2. The summed E-state index contributed by atoms with van der Waals surface area (Å²) in [6.45, 7) is 0. The Hall–Kier alpha value is -1.22. The van der Waals surface area contributed by atoms with Gasteiger partial charge in [0, 0.05) is 11.6 Å². The average molecular weight is 265 g/mol. The summed E-state index contributed by atoms with van der Waals surface area (Å²) in [6.07, 6.45) is 9.19. The SMILES string of the molecule is NC(Cc1c(F)cccc1F)/C1=C/CCCCCC1. The Kier molecular flexibility index (Phi) is 5.08. The van der Waals surface area contributed by atoms with Crippen LogP contribution in [-0.2, 0) is 6.42 Å². The van der Waals surface area contributed by atoms with Gasteiger partial charge in [-0.05, 0) is 44.2 Å². The van der Waals surface area contributed by atoms with Gasteiger partial charge in [0.05, 0.1) is 0 Å². The first-order chi connectivity index (χ1) is 9.18. The van der Waals surface area contributed by atoms with E-state index in [1.807, 2.05) is 0 Å². The Labute approximate surface area is 113 Å². The van der Waals surface area contributed by atoms with E-state index in [9.17, 15) is 8.78 Å². The molecule has 0 amide bonds. The van der Waals surface area contributed by atoms with Gasteiger partial charge in [0.2, 0.25) is 0 Å². The highest BCUT2D eigenvalue weighted by Gasteiger charge is 2.16. The number of rotatable bonds is 3. The van der Waals surface area contributed by atoms with E-state index in [0.29, 0.717) is 0 Å². The Morgan fingerprint density at radius 2 is 1.74 bits per heavy atom. The fraction of sp³-hybridized carbons (Fsp3) is 0.500.